The molecule has 28 heavy (non-hydrogen) atoms. The zero-order chi connectivity index (χ0) is 19.5. The Balaban J connectivity index is 1.31. The van der Waals surface area contributed by atoms with Crippen LogP contribution < -0.4 is 14.8 Å². The number of benzene rings is 2. The number of likely N-dealkylation sites (tertiary alicyclic amines) is 1. The molecule has 1 aliphatic heterocycles. The summed E-state index contributed by atoms with van der Waals surface area (Å²) in [6, 6.07) is 11.3. The fourth-order valence-corrected chi connectivity index (χ4v) is 4.03. The van der Waals surface area contributed by atoms with Gasteiger partial charge in [0, 0.05) is 31.6 Å². The minimum atomic E-state index is -0.329. The minimum Gasteiger partial charge on any atom is -0.497 e. The highest BCUT2D eigenvalue weighted by Gasteiger charge is 2.25. The number of piperidine rings is 1. The topological polar surface area (TPSA) is 63.7 Å². The molecule has 0 atom stereocenters. The van der Waals surface area contributed by atoms with Crippen LogP contribution in [0.3, 0.4) is 0 Å². The minimum absolute atomic E-state index is 0.0253. The van der Waals surface area contributed by atoms with Gasteiger partial charge in [0.25, 0.3) is 5.19 Å². The number of aromatic nitrogens is 1. The Hall–Kier alpha value is -2.87. The fourth-order valence-electron chi connectivity index (χ4n) is 3.12. The van der Waals surface area contributed by atoms with E-state index in [1.165, 1.54) is 23.5 Å². The lowest BCUT2D eigenvalue weighted by Crippen LogP contribution is -2.43. The number of carbonyl (C=O) groups excluding carboxylic acids is 1. The van der Waals surface area contributed by atoms with Gasteiger partial charge in [-0.15, -0.1) is 0 Å². The molecule has 146 valence electrons. The first kappa shape index (κ1) is 18.5. The van der Waals surface area contributed by atoms with Crippen LogP contribution in [0.1, 0.15) is 12.8 Å². The lowest BCUT2D eigenvalue weighted by molar-refractivity contribution is 0.115. The number of fused-ring (bicyclic) bond motifs is 1. The number of hydrogen-bond donors (Lipinski definition) is 1. The third-order valence-electron chi connectivity index (χ3n) is 4.67. The molecule has 0 radical (unpaired) electrons. The molecule has 6 nitrogen and oxygen atoms in total. The number of rotatable bonds is 4. The number of ether oxygens (including phenoxy) is 2. The van der Waals surface area contributed by atoms with Crippen molar-refractivity contribution in [2.24, 2.45) is 0 Å². The van der Waals surface area contributed by atoms with Crippen molar-refractivity contribution in [3.8, 4) is 10.9 Å². The SMILES string of the molecule is COc1ccc2nc(OC3CCN(C(=O)Nc4ccc(F)cc4)CC3)sc2c1. The summed E-state index contributed by atoms with van der Waals surface area (Å²) in [5.74, 6) is 0.465. The molecule has 3 aromatic rings. The largest absolute Gasteiger partial charge is 0.497 e. The van der Waals surface area contributed by atoms with Crippen LogP contribution in [0.15, 0.2) is 42.5 Å². The van der Waals surface area contributed by atoms with Crippen LogP contribution in [0, 0.1) is 5.82 Å². The standard InChI is InChI=1S/C20H20FN3O3S/c1-26-16-6-7-17-18(12-16)28-20(23-17)27-15-8-10-24(11-9-15)19(25)22-14-4-2-13(21)3-5-14/h2-7,12,15H,8-11H2,1H3,(H,22,25). The summed E-state index contributed by atoms with van der Waals surface area (Å²) >= 11 is 1.49. The summed E-state index contributed by atoms with van der Waals surface area (Å²) in [5.41, 5.74) is 1.46. The van der Waals surface area contributed by atoms with Crippen LogP contribution in [0.5, 0.6) is 10.9 Å². The Morgan fingerprint density at radius 3 is 2.68 bits per heavy atom. The number of amides is 2. The maximum absolute atomic E-state index is 13.0. The van der Waals surface area contributed by atoms with Crippen LogP contribution in [-0.4, -0.2) is 42.2 Å². The highest BCUT2D eigenvalue weighted by molar-refractivity contribution is 7.20. The molecule has 1 aromatic heterocycles. The predicted molar refractivity (Wildman–Crippen MR) is 107 cm³/mol. The van der Waals surface area contributed by atoms with Gasteiger partial charge in [-0.05, 0) is 42.5 Å². The van der Waals surface area contributed by atoms with Gasteiger partial charge in [-0.1, -0.05) is 11.3 Å². The third-order valence-corrected chi connectivity index (χ3v) is 5.58. The predicted octanol–water partition coefficient (Wildman–Crippen LogP) is 4.52. The van der Waals surface area contributed by atoms with E-state index in [0.29, 0.717) is 24.0 Å². The Morgan fingerprint density at radius 1 is 1.21 bits per heavy atom. The number of urea groups is 1. The third kappa shape index (κ3) is 4.17. The van der Waals surface area contributed by atoms with Crippen molar-refractivity contribution in [1.29, 1.82) is 0 Å². The van der Waals surface area contributed by atoms with Crippen molar-refractivity contribution in [2.75, 3.05) is 25.5 Å². The molecule has 0 aliphatic carbocycles. The van der Waals surface area contributed by atoms with Gasteiger partial charge < -0.3 is 19.7 Å². The molecule has 1 N–H and O–H groups in total. The molecule has 2 aromatic carbocycles. The number of nitrogens with one attached hydrogen (secondary N) is 1. The Labute approximate surface area is 165 Å². The first-order chi connectivity index (χ1) is 13.6. The number of nitrogens with zero attached hydrogens (tertiary/aromatic N) is 2. The van der Waals surface area contributed by atoms with Crippen molar-refractivity contribution in [3.63, 3.8) is 0 Å². The van der Waals surface area contributed by atoms with Crippen LogP contribution >= 0.6 is 11.3 Å². The van der Waals surface area contributed by atoms with Crippen molar-refractivity contribution in [3.05, 3.63) is 48.3 Å². The molecule has 0 bridgehead atoms. The summed E-state index contributed by atoms with van der Waals surface area (Å²) < 4.78 is 25.3. The second-order valence-electron chi connectivity index (χ2n) is 6.55. The average molecular weight is 401 g/mol. The highest BCUT2D eigenvalue weighted by Crippen LogP contribution is 2.32. The van der Waals surface area contributed by atoms with E-state index < -0.39 is 0 Å². The van der Waals surface area contributed by atoms with E-state index in [1.807, 2.05) is 18.2 Å². The van der Waals surface area contributed by atoms with Crippen LogP contribution in [0.2, 0.25) is 0 Å². The first-order valence-electron chi connectivity index (χ1n) is 9.03. The van der Waals surface area contributed by atoms with Gasteiger partial charge in [-0.25, -0.2) is 14.2 Å². The van der Waals surface area contributed by atoms with Gasteiger partial charge in [0.05, 0.1) is 17.3 Å². The highest BCUT2D eigenvalue weighted by atomic mass is 32.1. The number of methoxy groups -OCH3 is 1. The second-order valence-corrected chi connectivity index (χ2v) is 7.55. The maximum atomic E-state index is 13.0. The number of hydrogen-bond acceptors (Lipinski definition) is 5. The van der Waals surface area contributed by atoms with Gasteiger partial charge >= 0.3 is 6.03 Å². The molecular weight excluding hydrogens is 381 g/mol. The van der Waals surface area contributed by atoms with Crippen molar-refractivity contribution in [1.82, 2.24) is 9.88 Å². The van der Waals surface area contributed by atoms with Gasteiger partial charge in [-0.3, -0.25) is 0 Å². The zero-order valence-corrected chi connectivity index (χ0v) is 16.2. The van der Waals surface area contributed by atoms with Crippen LogP contribution in [0.25, 0.3) is 10.2 Å². The first-order valence-corrected chi connectivity index (χ1v) is 9.85. The molecule has 8 heteroatoms. The normalized spacial score (nSPS) is 14.9. The van der Waals surface area contributed by atoms with Gasteiger partial charge in [0.1, 0.15) is 17.7 Å². The molecule has 0 spiro atoms. The molecule has 2 amide bonds. The second kappa shape index (κ2) is 8.02. The number of anilines is 1. The average Bonchev–Trinajstić information content (AvgIpc) is 3.11. The summed E-state index contributed by atoms with van der Waals surface area (Å²) in [6.07, 6.45) is 1.49. The Bertz CT molecular complexity index is 968. The zero-order valence-electron chi connectivity index (χ0n) is 15.4. The number of thiazole rings is 1. The number of carbonyl (C=O) groups is 1. The molecule has 0 unspecified atom stereocenters. The fraction of sp³-hybridized carbons (Fsp3) is 0.300. The van der Waals surface area contributed by atoms with Crippen molar-refractivity contribution < 1.29 is 18.7 Å². The van der Waals surface area contributed by atoms with Gasteiger partial charge in [0.15, 0.2) is 0 Å². The Morgan fingerprint density at radius 2 is 1.96 bits per heavy atom. The van der Waals surface area contributed by atoms with E-state index >= 15 is 0 Å². The summed E-state index contributed by atoms with van der Waals surface area (Å²) in [4.78, 5) is 18.6. The van der Waals surface area contributed by atoms with Crippen LogP contribution in [0.4, 0.5) is 14.9 Å². The lowest BCUT2D eigenvalue weighted by atomic mass is 10.1. The van der Waals surface area contributed by atoms with E-state index in [0.717, 1.165) is 28.8 Å². The summed E-state index contributed by atoms with van der Waals surface area (Å²) in [7, 11) is 1.64. The summed E-state index contributed by atoms with van der Waals surface area (Å²) in [5, 5.41) is 3.43. The molecule has 2 heterocycles. The molecule has 1 saturated heterocycles. The Kier molecular flexibility index (Phi) is 5.29. The van der Waals surface area contributed by atoms with E-state index in [9.17, 15) is 9.18 Å². The monoisotopic (exact) mass is 401 g/mol. The van der Waals surface area contributed by atoms with E-state index in [-0.39, 0.29) is 18.0 Å². The molecule has 0 saturated carbocycles. The molecule has 4 rings (SSSR count). The van der Waals surface area contributed by atoms with Crippen molar-refractivity contribution in [2.45, 2.75) is 18.9 Å². The quantitative estimate of drug-likeness (QED) is 0.698. The summed E-state index contributed by atoms with van der Waals surface area (Å²) in [6.45, 7) is 1.19. The van der Waals surface area contributed by atoms with Gasteiger partial charge in [0.2, 0.25) is 0 Å². The van der Waals surface area contributed by atoms with E-state index in [2.05, 4.69) is 10.3 Å². The molecule has 1 fully saturated rings. The van der Waals surface area contributed by atoms with Crippen LogP contribution in [-0.2, 0) is 0 Å². The maximum Gasteiger partial charge on any atom is 0.321 e. The van der Waals surface area contributed by atoms with E-state index in [4.69, 9.17) is 9.47 Å². The van der Waals surface area contributed by atoms with Crippen molar-refractivity contribution >= 4 is 33.3 Å². The smallest absolute Gasteiger partial charge is 0.321 e. The lowest BCUT2D eigenvalue weighted by Gasteiger charge is -2.31. The van der Waals surface area contributed by atoms with Gasteiger partial charge in [-0.2, -0.15) is 0 Å². The van der Waals surface area contributed by atoms with E-state index in [1.54, 1.807) is 24.1 Å². The molecule has 1 aliphatic rings. The molecular formula is C20H20FN3O3S. The number of halogens is 1.